The molecule has 0 aromatic carbocycles. The van der Waals surface area contributed by atoms with E-state index < -0.39 is 5.97 Å². The fourth-order valence-electron chi connectivity index (χ4n) is 1.54. The monoisotopic (exact) mass is 283 g/mol. The summed E-state index contributed by atoms with van der Waals surface area (Å²) in [6.45, 7) is 4.48. The zero-order valence-corrected chi connectivity index (χ0v) is 11.8. The minimum absolute atomic E-state index is 0.281. The van der Waals surface area contributed by atoms with E-state index in [1.807, 2.05) is 0 Å². The molecule has 104 valence electrons. The zero-order chi connectivity index (χ0) is 13.8. The van der Waals surface area contributed by atoms with Crippen LogP contribution < -0.4 is 10.6 Å². The minimum atomic E-state index is -0.399. The van der Waals surface area contributed by atoms with Gasteiger partial charge >= 0.3 is 12.0 Å². The molecule has 0 bridgehead atoms. The molecule has 1 aliphatic rings. The summed E-state index contributed by atoms with van der Waals surface area (Å²) in [5, 5.41) is 5.82. The van der Waals surface area contributed by atoms with Crippen molar-refractivity contribution in [2.24, 2.45) is 5.92 Å². The summed E-state index contributed by atoms with van der Waals surface area (Å²) < 4.78 is 4.92. The van der Waals surface area contributed by atoms with Crippen LogP contribution in [0.25, 0.3) is 0 Å². The minimum Gasteiger partial charge on any atom is -0.462 e. The Bertz CT molecular complexity index is 483. The molecule has 0 atom stereocenters. The van der Waals surface area contributed by atoms with Crippen LogP contribution in [-0.4, -0.2) is 30.1 Å². The van der Waals surface area contributed by atoms with Crippen molar-refractivity contribution in [3.8, 4) is 0 Å². The number of ether oxygens (including phenoxy) is 1. The summed E-state index contributed by atoms with van der Waals surface area (Å²) in [4.78, 5) is 27.8. The summed E-state index contributed by atoms with van der Waals surface area (Å²) in [5.41, 5.74) is 0.570. The number of hydrogen-bond acceptors (Lipinski definition) is 5. The largest absolute Gasteiger partial charge is 0.462 e. The van der Waals surface area contributed by atoms with Crippen LogP contribution in [0.3, 0.4) is 0 Å². The number of hydrogen-bond donors (Lipinski definition) is 2. The van der Waals surface area contributed by atoms with Gasteiger partial charge in [-0.2, -0.15) is 0 Å². The molecular formula is C12H17N3O3S. The second-order valence-corrected chi connectivity index (χ2v) is 5.43. The van der Waals surface area contributed by atoms with Crippen LogP contribution in [0, 0.1) is 12.8 Å². The number of carbonyl (C=O) groups is 2. The molecule has 7 heteroatoms. The number of urea groups is 1. The van der Waals surface area contributed by atoms with Crippen LogP contribution in [0.4, 0.5) is 9.93 Å². The smallest absolute Gasteiger partial charge is 0.350 e. The first kappa shape index (κ1) is 13.8. The maximum atomic E-state index is 11.6. The van der Waals surface area contributed by atoms with Crippen molar-refractivity contribution >= 4 is 28.5 Å². The van der Waals surface area contributed by atoms with Crippen LogP contribution in [0.15, 0.2) is 0 Å². The number of carbonyl (C=O) groups excluding carboxylic acids is 2. The number of thiazole rings is 1. The van der Waals surface area contributed by atoms with Crippen molar-refractivity contribution < 1.29 is 14.3 Å². The second-order valence-electron chi connectivity index (χ2n) is 4.43. The van der Waals surface area contributed by atoms with Gasteiger partial charge < -0.3 is 10.1 Å². The van der Waals surface area contributed by atoms with Crippen LogP contribution in [0.5, 0.6) is 0 Å². The molecule has 2 N–H and O–H groups in total. The van der Waals surface area contributed by atoms with E-state index in [-0.39, 0.29) is 6.03 Å². The number of amides is 2. The van der Waals surface area contributed by atoms with Gasteiger partial charge in [0, 0.05) is 6.54 Å². The van der Waals surface area contributed by atoms with Crippen molar-refractivity contribution in [3.63, 3.8) is 0 Å². The van der Waals surface area contributed by atoms with Gasteiger partial charge in [-0.15, -0.1) is 0 Å². The van der Waals surface area contributed by atoms with Gasteiger partial charge in [-0.1, -0.05) is 11.3 Å². The van der Waals surface area contributed by atoms with Gasteiger partial charge in [-0.3, -0.25) is 5.32 Å². The van der Waals surface area contributed by atoms with Crippen molar-refractivity contribution in [2.75, 3.05) is 18.5 Å². The van der Waals surface area contributed by atoms with Gasteiger partial charge in [0.2, 0.25) is 0 Å². The first-order chi connectivity index (χ1) is 9.10. The van der Waals surface area contributed by atoms with Gasteiger partial charge in [0.15, 0.2) is 5.13 Å². The lowest BCUT2D eigenvalue weighted by molar-refractivity contribution is 0.0531. The van der Waals surface area contributed by atoms with Crippen molar-refractivity contribution in [2.45, 2.75) is 26.7 Å². The topological polar surface area (TPSA) is 80.3 Å². The normalized spacial score (nSPS) is 14.0. The van der Waals surface area contributed by atoms with Crippen LogP contribution in [-0.2, 0) is 4.74 Å². The van der Waals surface area contributed by atoms with Gasteiger partial charge in [0.25, 0.3) is 0 Å². The Balaban J connectivity index is 1.90. The lowest BCUT2D eigenvalue weighted by Gasteiger charge is -2.03. The van der Waals surface area contributed by atoms with E-state index in [0.29, 0.717) is 34.8 Å². The molecule has 19 heavy (non-hydrogen) atoms. The van der Waals surface area contributed by atoms with E-state index in [0.717, 1.165) is 11.3 Å². The summed E-state index contributed by atoms with van der Waals surface area (Å²) in [5.74, 6) is 0.225. The Morgan fingerprint density at radius 3 is 2.84 bits per heavy atom. The first-order valence-electron chi connectivity index (χ1n) is 6.29. The molecule has 1 aliphatic carbocycles. The zero-order valence-electron chi connectivity index (χ0n) is 11.0. The number of anilines is 1. The quantitative estimate of drug-likeness (QED) is 0.811. The van der Waals surface area contributed by atoms with E-state index in [2.05, 4.69) is 15.6 Å². The molecule has 0 aliphatic heterocycles. The highest BCUT2D eigenvalue weighted by atomic mass is 32.1. The maximum Gasteiger partial charge on any atom is 0.350 e. The summed E-state index contributed by atoms with van der Waals surface area (Å²) in [6, 6.07) is -0.281. The molecule has 0 unspecified atom stereocenters. The highest BCUT2D eigenvalue weighted by molar-refractivity contribution is 7.17. The maximum absolute atomic E-state index is 11.6. The first-order valence-corrected chi connectivity index (χ1v) is 7.11. The molecule has 0 radical (unpaired) electrons. The van der Waals surface area contributed by atoms with E-state index in [4.69, 9.17) is 4.74 Å². The Morgan fingerprint density at radius 1 is 1.47 bits per heavy atom. The molecule has 2 amide bonds. The predicted molar refractivity (Wildman–Crippen MR) is 72.6 cm³/mol. The molecule has 6 nitrogen and oxygen atoms in total. The van der Waals surface area contributed by atoms with Crippen molar-refractivity contribution in [1.82, 2.24) is 10.3 Å². The molecular weight excluding hydrogens is 266 g/mol. The molecule has 1 aromatic rings. The van der Waals surface area contributed by atoms with Gasteiger partial charge in [-0.25, -0.2) is 14.6 Å². The summed E-state index contributed by atoms with van der Waals surface area (Å²) in [7, 11) is 0. The van der Waals surface area contributed by atoms with E-state index in [1.54, 1.807) is 13.8 Å². The summed E-state index contributed by atoms with van der Waals surface area (Å²) >= 11 is 1.13. The molecule has 1 saturated carbocycles. The van der Waals surface area contributed by atoms with Gasteiger partial charge in [0.1, 0.15) is 4.88 Å². The summed E-state index contributed by atoms with van der Waals surface area (Å²) in [6.07, 6.45) is 2.37. The molecule has 1 aromatic heterocycles. The van der Waals surface area contributed by atoms with Crippen molar-refractivity contribution in [1.29, 1.82) is 0 Å². The average Bonchev–Trinajstić information content (AvgIpc) is 3.11. The third-order valence-corrected chi connectivity index (χ3v) is 3.78. The number of aromatic nitrogens is 1. The third-order valence-electron chi connectivity index (χ3n) is 2.73. The van der Waals surface area contributed by atoms with E-state index >= 15 is 0 Å². The molecule has 0 saturated heterocycles. The molecule has 0 spiro atoms. The number of nitrogens with zero attached hydrogens (tertiary/aromatic N) is 1. The number of rotatable bonds is 5. The lowest BCUT2D eigenvalue weighted by atomic mass is 10.4. The van der Waals surface area contributed by atoms with Gasteiger partial charge in [0.05, 0.1) is 12.3 Å². The lowest BCUT2D eigenvalue weighted by Crippen LogP contribution is -2.30. The fourth-order valence-corrected chi connectivity index (χ4v) is 2.39. The molecule has 1 fully saturated rings. The standard InChI is InChI=1S/C12H17N3O3S/c1-3-18-10(16)9-7(2)14-12(19-9)15-11(17)13-6-8-4-5-8/h8H,3-6H2,1-2H3,(H2,13,14,15,17). The Morgan fingerprint density at radius 2 is 2.21 bits per heavy atom. The number of esters is 1. The number of nitrogens with one attached hydrogen (secondary N) is 2. The van der Waals surface area contributed by atoms with Crippen LogP contribution in [0.1, 0.15) is 35.1 Å². The van der Waals surface area contributed by atoms with Crippen molar-refractivity contribution in [3.05, 3.63) is 10.6 Å². The highest BCUT2D eigenvalue weighted by Gasteiger charge is 2.22. The van der Waals surface area contributed by atoms with E-state index in [9.17, 15) is 9.59 Å². The van der Waals surface area contributed by atoms with Crippen LogP contribution in [0.2, 0.25) is 0 Å². The molecule has 2 rings (SSSR count). The Kier molecular flexibility index (Phi) is 4.36. The number of aryl methyl sites for hydroxylation is 1. The Labute approximate surface area is 115 Å². The average molecular weight is 283 g/mol. The van der Waals surface area contributed by atoms with Gasteiger partial charge in [-0.05, 0) is 32.6 Å². The van der Waals surface area contributed by atoms with Crippen LogP contribution >= 0.6 is 11.3 Å². The highest BCUT2D eigenvalue weighted by Crippen LogP contribution is 2.27. The second kappa shape index (κ2) is 6.01. The third kappa shape index (κ3) is 3.92. The Hall–Kier alpha value is -1.63. The predicted octanol–water partition coefficient (Wildman–Crippen LogP) is 2.16. The molecule has 1 heterocycles. The fraction of sp³-hybridized carbons (Fsp3) is 0.583. The SMILES string of the molecule is CCOC(=O)c1sc(NC(=O)NCC2CC2)nc1C. The van der Waals surface area contributed by atoms with E-state index in [1.165, 1.54) is 12.8 Å².